The zero-order chi connectivity index (χ0) is 24.5. The van der Waals surface area contributed by atoms with Gasteiger partial charge in [-0.25, -0.2) is 8.51 Å². The lowest BCUT2D eigenvalue weighted by molar-refractivity contribution is -0.155. The van der Waals surface area contributed by atoms with Gasteiger partial charge in [-0.15, -0.1) is 0 Å². The molecule has 34 heavy (non-hydrogen) atoms. The fourth-order valence-electron chi connectivity index (χ4n) is 4.30. The highest BCUT2D eigenvalue weighted by Crippen LogP contribution is 2.32. The quantitative estimate of drug-likeness (QED) is 0.630. The summed E-state index contributed by atoms with van der Waals surface area (Å²) < 4.78 is 20.5. The number of esters is 1. The Morgan fingerprint density at radius 2 is 1.82 bits per heavy atom. The molecular weight excluding hydrogens is 454 g/mol. The number of carbonyl (C=O) groups excluding carboxylic acids is 2. The van der Waals surface area contributed by atoms with Crippen LogP contribution in [0, 0.1) is 0 Å². The van der Waals surface area contributed by atoms with E-state index in [0.717, 1.165) is 12.8 Å². The van der Waals surface area contributed by atoms with Crippen molar-refractivity contribution in [2.45, 2.75) is 50.0 Å². The molecule has 2 aromatic carbocycles. The Hall–Kier alpha value is -2.91. The predicted molar refractivity (Wildman–Crippen MR) is 130 cm³/mol. The van der Waals surface area contributed by atoms with Crippen molar-refractivity contribution in [1.29, 1.82) is 0 Å². The molecule has 4 rings (SSSR count). The van der Waals surface area contributed by atoms with E-state index in [4.69, 9.17) is 4.74 Å². The van der Waals surface area contributed by atoms with Crippen LogP contribution in [-0.4, -0.2) is 62.3 Å². The predicted octanol–water partition coefficient (Wildman–Crippen LogP) is 3.46. The molecule has 9 heteroatoms. The number of benzene rings is 2. The average Bonchev–Trinajstić information content (AvgIpc) is 2.80. The van der Waals surface area contributed by atoms with Crippen LogP contribution in [0.2, 0.25) is 0 Å². The highest BCUT2D eigenvalue weighted by molar-refractivity contribution is 7.82. The number of piperidine rings is 1. The lowest BCUT2D eigenvalue weighted by Crippen LogP contribution is -2.44. The molecule has 1 amide bonds. The largest absolute Gasteiger partial charge is 0.508 e. The molecule has 2 aliphatic heterocycles. The molecule has 0 spiro atoms. The number of aromatic hydroxyl groups is 1. The number of nitrogens with one attached hydrogen (secondary N) is 1. The summed E-state index contributed by atoms with van der Waals surface area (Å²) in [6, 6.07) is 12.5. The number of hydrogen-bond donors (Lipinski definition) is 2. The zero-order valence-corrected chi connectivity index (χ0v) is 20.6. The lowest BCUT2D eigenvalue weighted by Gasteiger charge is -2.32. The summed E-state index contributed by atoms with van der Waals surface area (Å²) in [5.41, 5.74) is 1.64. The number of fused-ring (bicyclic) bond motifs is 1. The highest BCUT2D eigenvalue weighted by Gasteiger charge is 2.30. The minimum absolute atomic E-state index is 0.133. The Kier molecular flexibility index (Phi) is 6.95. The van der Waals surface area contributed by atoms with Crippen LogP contribution < -0.4 is 5.32 Å². The normalized spacial score (nSPS) is 18.2. The van der Waals surface area contributed by atoms with Crippen molar-refractivity contribution < 1.29 is 23.6 Å². The minimum atomic E-state index is -1.33. The first-order valence-electron chi connectivity index (χ1n) is 11.5. The molecule has 2 heterocycles. The summed E-state index contributed by atoms with van der Waals surface area (Å²) in [6.45, 7) is 6.80. The standard InChI is InChI=1S/C25H31N3O5S/c1-25(2,3)33-23(30)15-27-16-26-22-14-20(8-9-21(22)24(27)31)34(32)28-12-10-18(11-13-28)17-4-6-19(29)7-5-17/h4-9,14,18,26,29H,10-13,15-16H2,1-3H3. The molecule has 182 valence electrons. The SMILES string of the molecule is CC(C)(C)OC(=O)CN1CNc2cc(S(=O)N3CCC(c4ccc(O)cc4)CC3)ccc2C1=O. The van der Waals surface area contributed by atoms with E-state index < -0.39 is 22.6 Å². The maximum Gasteiger partial charge on any atom is 0.326 e. The van der Waals surface area contributed by atoms with Crippen LogP contribution in [0.15, 0.2) is 47.4 Å². The van der Waals surface area contributed by atoms with Gasteiger partial charge in [-0.2, -0.15) is 0 Å². The first kappa shape index (κ1) is 24.2. The summed E-state index contributed by atoms with van der Waals surface area (Å²) in [5, 5.41) is 12.7. The van der Waals surface area contributed by atoms with Crippen molar-refractivity contribution in [1.82, 2.24) is 9.21 Å². The average molecular weight is 486 g/mol. The topological polar surface area (TPSA) is 99.2 Å². The third-order valence-corrected chi connectivity index (χ3v) is 7.45. The number of carbonyl (C=O) groups is 2. The number of nitrogens with zero attached hydrogens (tertiary/aromatic N) is 2. The molecule has 2 aliphatic rings. The van der Waals surface area contributed by atoms with Gasteiger partial charge < -0.3 is 20.1 Å². The Morgan fingerprint density at radius 1 is 1.15 bits per heavy atom. The minimum Gasteiger partial charge on any atom is -0.508 e. The van der Waals surface area contributed by atoms with Crippen LogP contribution in [-0.2, 0) is 20.5 Å². The Morgan fingerprint density at radius 3 is 2.47 bits per heavy atom. The van der Waals surface area contributed by atoms with Gasteiger partial charge in [0, 0.05) is 18.8 Å². The lowest BCUT2D eigenvalue weighted by atomic mass is 9.90. The van der Waals surface area contributed by atoms with E-state index in [1.54, 1.807) is 51.1 Å². The fourth-order valence-corrected chi connectivity index (χ4v) is 5.54. The molecule has 0 bridgehead atoms. The summed E-state index contributed by atoms with van der Waals surface area (Å²) in [6.07, 6.45) is 1.77. The van der Waals surface area contributed by atoms with Crippen molar-refractivity contribution in [3.8, 4) is 5.75 Å². The van der Waals surface area contributed by atoms with Gasteiger partial charge in [-0.05, 0) is 75.4 Å². The van der Waals surface area contributed by atoms with Gasteiger partial charge in [0.05, 0.1) is 17.1 Å². The van der Waals surface area contributed by atoms with Gasteiger partial charge in [0.15, 0.2) is 0 Å². The monoisotopic (exact) mass is 485 g/mol. The van der Waals surface area contributed by atoms with Crippen LogP contribution in [0.5, 0.6) is 5.75 Å². The molecule has 0 saturated carbocycles. The first-order chi connectivity index (χ1) is 16.1. The molecule has 2 N–H and O–H groups in total. The smallest absolute Gasteiger partial charge is 0.326 e. The molecule has 1 fully saturated rings. The number of phenolic OH excluding ortho intramolecular Hbond substituents is 1. The van der Waals surface area contributed by atoms with Crippen molar-refractivity contribution in [3.05, 3.63) is 53.6 Å². The summed E-state index contributed by atoms with van der Waals surface area (Å²) in [7, 11) is -1.33. The molecule has 0 radical (unpaired) electrons. The fraction of sp³-hybridized carbons (Fsp3) is 0.440. The van der Waals surface area contributed by atoms with E-state index in [1.807, 2.05) is 16.4 Å². The summed E-state index contributed by atoms with van der Waals surface area (Å²) in [5.74, 6) is -0.0754. The number of amides is 1. The van der Waals surface area contributed by atoms with Crippen LogP contribution in [0.4, 0.5) is 5.69 Å². The molecule has 0 aromatic heterocycles. The number of phenols is 1. The van der Waals surface area contributed by atoms with Gasteiger partial charge in [0.2, 0.25) is 0 Å². The number of anilines is 1. The van der Waals surface area contributed by atoms with E-state index in [2.05, 4.69) is 5.32 Å². The zero-order valence-electron chi connectivity index (χ0n) is 19.7. The third kappa shape index (κ3) is 5.59. The molecule has 0 aliphatic carbocycles. The van der Waals surface area contributed by atoms with Gasteiger partial charge in [0.25, 0.3) is 5.91 Å². The van der Waals surface area contributed by atoms with Crippen LogP contribution in [0.25, 0.3) is 0 Å². The second kappa shape index (κ2) is 9.76. The van der Waals surface area contributed by atoms with Crippen molar-refractivity contribution in [2.75, 3.05) is 31.6 Å². The second-order valence-corrected chi connectivity index (χ2v) is 11.2. The summed E-state index contributed by atoms with van der Waals surface area (Å²) >= 11 is 0. The van der Waals surface area contributed by atoms with Gasteiger partial charge in [-0.3, -0.25) is 9.59 Å². The van der Waals surface area contributed by atoms with E-state index in [9.17, 15) is 18.9 Å². The van der Waals surface area contributed by atoms with Gasteiger partial charge in [-0.1, -0.05) is 12.1 Å². The Labute approximate surface area is 202 Å². The van der Waals surface area contributed by atoms with Gasteiger partial charge in [0.1, 0.15) is 28.9 Å². The van der Waals surface area contributed by atoms with Gasteiger partial charge >= 0.3 is 5.97 Å². The van der Waals surface area contributed by atoms with Crippen molar-refractivity contribution in [3.63, 3.8) is 0 Å². The number of ether oxygens (including phenoxy) is 1. The Bertz CT molecular complexity index is 1090. The molecular formula is C25H31N3O5S. The molecule has 1 atom stereocenters. The van der Waals surface area contributed by atoms with Crippen molar-refractivity contribution >= 4 is 28.5 Å². The maximum absolute atomic E-state index is 13.2. The van der Waals surface area contributed by atoms with E-state index in [0.29, 0.717) is 35.2 Å². The molecule has 2 aromatic rings. The maximum atomic E-state index is 13.2. The number of rotatable bonds is 5. The third-order valence-electron chi connectivity index (χ3n) is 5.96. The first-order valence-corrected chi connectivity index (χ1v) is 12.6. The number of hydrogen-bond acceptors (Lipinski definition) is 6. The van der Waals surface area contributed by atoms with E-state index in [1.165, 1.54) is 10.5 Å². The van der Waals surface area contributed by atoms with Crippen molar-refractivity contribution in [2.24, 2.45) is 0 Å². The van der Waals surface area contributed by atoms with E-state index >= 15 is 0 Å². The summed E-state index contributed by atoms with van der Waals surface area (Å²) in [4.78, 5) is 27.0. The van der Waals surface area contributed by atoms with Crippen LogP contribution in [0.1, 0.15) is 55.5 Å². The van der Waals surface area contributed by atoms with Crippen LogP contribution >= 0.6 is 0 Å². The molecule has 8 nitrogen and oxygen atoms in total. The van der Waals surface area contributed by atoms with E-state index in [-0.39, 0.29) is 24.9 Å². The second-order valence-electron chi connectivity index (χ2n) is 9.68. The molecule has 1 unspecified atom stereocenters. The van der Waals surface area contributed by atoms with Crippen LogP contribution in [0.3, 0.4) is 0 Å². The Balaban J connectivity index is 1.38. The highest BCUT2D eigenvalue weighted by atomic mass is 32.2. The molecule has 1 saturated heterocycles.